The van der Waals surface area contributed by atoms with E-state index in [-0.39, 0.29) is 0 Å². The lowest BCUT2D eigenvalue weighted by atomic mass is 10.3. The number of aliphatic carboxylic acids is 1. The summed E-state index contributed by atoms with van der Waals surface area (Å²) in [6.45, 7) is 4.76. The van der Waals surface area contributed by atoms with E-state index in [1.165, 1.54) is 11.6 Å². The predicted octanol–water partition coefficient (Wildman–Crippen LogP) is 1.95. The summed E-state index contributed by atoms with van der Waals surface area (Å²) in [7, 11) is 0. The van der Waals surface area contributed by atoms with E-state index in [1.807, 2.05) is 13.8 Å². The Kier molecular flexibility index (Phi) is 3.85. The van der Waals surface area contributed by atoms with Gasteiger partial charge >= 0.3 is 5.97 Å². The summed E-state index contributed by atoms with van der Waals surface area (Å²) in [6.07, 6.45) is 8.12. The molecule has 0 radical (unpaired) electrons. The van der Waals surface area contributed by atoms with Crippen LogP contribution in [0.3, 0.4) is 0 Å². The smallest absolute Gasteiger partial charge is 0.328 e. The molecule has 0 aliphatic rings. The van der Waals surface area contributed by atoms with Crippen LogP contribution in [0.15, 0.2) is 30.1 Å². The first kappa shape index (κ1) is 11.2. The Balaban J connectivity index is 2.64. The van der Waals surface area contributed by atoms with Crippen LogP contribution >= 0.6 is 0 Å². The highest BCUT2D eigenvalue weighted by atomic mass is 16.4. The van der Waals surface area contributed by atoms with Gasteiger partial charge in [-0.25, -0.2) is 4.79 Å². The summed E-state index contributed by atoms with van der Waals surface area (Å²) >= 11 is 0. The molecule has 1 rings (SSSR count). The van der Waals surface area contributed by atoms with Crippen molar-refractivity contribution in [2.45, 2.75) is 20.4 Å². The van der Waals surface area contributed by atoms with Crippen molar-refractivity contribution in [2.75, 3.05) is 0 Å². The maximum absolute atomic E-state index is 10.3. The second kappa shape index (κ2) is 5.14. The summed E-state index contributed by atoms with van der Waals surface area (Å²) in [5.74, 6) is -0.952. The van der Waals surface area contributed by atoms with Gasteiger partial charge in [0.2, 0.25) is 0 Å². The van der Waals surface area contributed by atoms with E-state index in [2.05, 4.69) is 11.2 Å². The standard InChI is InChI=1S/C11H14N2O2/c1-9(2)5-6-13-8-10(7-12-13)3-4-11(14)15/h3-5,7-8H,6H2,1-2H3,(H,14,15)/b4-3+. The van der Waals surface area contributed by atoms with Crippen LogP contribution in [-0.4, -0.2) is 20.9 Å². The normalized spacial score (nSPS) is 10.5. The highest BCUT2D eigenvalue weighted by Gasteiger charge is 1.94. The summed E-state index contributed by atoms with van der Waals surface area (Å²) in [4.78, 5) is 10.3. The Morgan fingerprint density at radius 1 is 1.60 bits per heavy atom. The summed E-state index contributed by atoms with van der Waals surface area (Å²) in [5.41, 5.74) is 2.02. The van der Waals surface area contributed by atoms with Gasteiger partial charge < -0.3 is 5.11 Å². The fourth-order valence-corrected chi connectivity index (χ4v) is 1.01. The van der Waals surface area contributed by atoms with Crippen LogP contribution in [0.1, 0.15) is 19.4 Å². The third-order valence-corrected chi connectivity index (χ3v) is 1.76. The van der Waals surface area contributed by atoms with Gasteiger partial charge in [-0.1, -0.05) is 11.6 Å². The first-order valence-corrected chi connectivity index (χ1v) is 4.65. The van der Waals surface area contributed by atoms with Gasteiger partial charge in [-0.3, -0.25) is 4.68 Å². The maximum atomic E-state index is 10.3. The predicted molar refractivity (Wildman–Crippen MR) is 58.3 cm³/mol. The quantitative estimate of drug-likeness (QED) is 0.605. The Labute approximate surface area is 88.5 Å². The van der Waals surface area contributed by atoms with Crippen LogP contribution < -0.4 is 0 Å². The van der Waals surface area contributed by atoms with Gasteiger partial charge in [-0.2, -0.15) is 5.10 Å². The van der Waals surface area contributed by atoms with Crippen LogP contribution in [0.4, 0.5) is 0 Å². The molecule has 1 aromatic rings. The SMILES string of the molecule is CC(C)=CCn1cc(/C=C/C(=O)O)cn1. The number of carboxylic acids is 1. The molecule has 0 atom stereocenters. The van der Waals surface area contributed by atoms with E-state index >= 15 is 0 Å². The fraction of sp³-hybridized carbons (Fsp3) is 0.273. The summed E-state index contributed by atoms with van der Waals surface area (Å²) in [6, 6.07) is 0. The molecule has 0 amide bonds. The monoisotopic (exact) mass is 206 g/mol. The molecular weight excluding hydrogens is 192 g/mol. The third kappa shape index (κ3) is 4.26. The minimum atomic E-state index is -0.952. The molecule has 0 spiro atoms. The molecule has 4 nitrogen and oxygen atoms in total. The molecule has 1 heterocycles. The van der Waals surface area contributed by atoms with E-state index in [1.54, 1.807) is 17.1 Å². The maximum Gasteiger partial charge on any atom is 0.328 e. The minimum Gasteiger partial charge on any atom is -0.478 e. The van der Waals surface area contributed by atoms with Crippen molar-refractivity contribution in [1.29, 1.82) is 0 Å². The molecule has 1 aromatic heterocycles. The fourth-order valence-electron chi connectivity index (χ4n) is 1.01. The van der Waals surface area contributed by atoms with Crippen LogP contribution in [-0.2, 0) is 11.3 Å². The lowest BCUT2D eigenvalue weighted by Gasteiger charge is -1.94. The number of carboxylic acid groups (broad SMARTS) is 1. The Morgan fingerprint density at radius 2 is 2.33 bits per heavy atom. The molecule has 0 aliphatic carbocycles. The minimum absolute atomic E-state index is 0.712. The van der Waals surface area contributed by atoms with Crippen molar-refractivity contribution in [2.24, 2.45) is 0 Å². The van der Waals surface area contributed by atoms with E-state index in [0.717, 1.165) is 11.6 Å². The Hall–Kier alpha value is -1.84. The highest BCUT2D eigenvalue weighted by molar-refractivity contribution is 5.85. The molecule has 0 unspecified atom stereocenters. The number of aromatic nitrogens is 2. The number of hydrogen-bond donors (Lipinski definition) is 1. The van der Waals surface area contributed by atoms with Gasteiger partial charge in [0.15, 0.2) is 0 Å². The average molecular weight is 206 g/mol. The zero-order chi connectivity index (χ0) is 11.3. The molecule has 0 bridgehead atoms. The first-order chi connectivity index (χ1) is 7.08. The molecule has 15 heavy (non-hydrogen) atoms. The molecule has 0 aliphatic heterocycles. The molecule has 0 fully saturated rings. The molecule has 0 saturated carbocycles. The second-order valence-corrected chi connectivity index (χ2v) is 3.45. The summed E-state index contributed by atoms with van der Waals surface area (Å²) < 4.78 is 1.76. The van der Waals surface area contributed by atoms with Crippen molar-refractivity contribution in [3.05, 3.63) is 35.7 Å². The van der Waals surface area contributed by atoms with Crippen molar-refractivity contribution >= 4 is 12.0 Å². The average Bonchev–Trinajstić information content (AvgIpc) is 2.59. The van der Waals surface area contributed by atoms with E-state index in [9.17, 15) is 4.79 Å². The van der Waals surface area contributed by atoms with Gasteiger partial charge in [-0.15, -0.1) is 0 Å². The van der Waals surface area contributed by atoms with Crippen molar-refractivity contribution in [3.63, 3.8) is 0 Å². The Bertz CT molecular complexity index is 398. The lowest BCUT2D eigenvalue weighted by molar-refractivity contribution is -0.131. The van der Waals surface area contributed by atoms with E-state index in [0.29, 0.717) is 6.54 Å². The highest BCUT2D eigenvalue weighted by Crippen LogP contribution is 2.01. The van der Waals surface area contributed by atoms with Crippen molar-refractivity contribution in [1.82, 2.24) is 9.78 Å². The molecule has 80 valence electrons. The van der Waals surface area contributed by atoms with Gasteiger partial charge in [0.25, 0.3) is 0 Å². The first-order valence-electron chi connectivity index (χ1n) is 4.65. The Morgan fingerprint density at radius 3 is 2.93 bits per heavy atom. The van der Waals surface area contributed by atoms with Gasteiger partial charge in [0, 0.05) is 17.8 Å². The third-order valence-electron chi connectivity index (χ3n) is 1.76. The number of hydrogen-bond acceptors (Lipinski definition) is 2. The van der Waals surface area contributed by atoms with Crippen LogP contribution in [0, 0.1) is 0 Å². The van der Waals surface area contributed by atoms with Gasteiger partial charge in [0.05, 0.1) is 12.7 Å². The number of rotatable bonds is 4. The van der Waals surface area contributed by atoms with E-state index in [4.69, 9.17) is 5.11 Å². The zero-order valence-electron chi connectivity index (χ0n) is 8.84. The van der Waals surface area contributed by atoms with Crippen molar-refractivity contribution in [3.8, 4) is 0 Å². The van der Waals surface area contributed by atoms with Crippen molar-refractivity contribution < 1.29 is 9.90 Å². The molecular formula is C11H14N2O2. The van der Waals surface area contributed by atoms with Crippen LogP contribution in [0.25, 0.3) is 6.08 Å². The van der Waals surface area contributed by atoms with E-state index < -0.39 is 5.97 Å². The largest absolute Gasteiger partial charge is 0.478 e. The molecule has 0 saturated heterocycles. The van der Waals surface area contributed by atoms with Crippen LogP contribution in [0.5, 0.6) is 0 Å². The molecule has 0 aromatic carbocycles. The lowest BCUT2D eigenvalue weighted by Crippen LogP contribution is -1.94. The van der Waals surface area contributed by atoms with Crippen LogP contribution in [0.2, 0.25) is 0 Å². The molecule has 4 heteroatoms. The summed E-state index contributed by atoms with van der Waals surface area (Å²) in [5, 5.41) is 12.5. The zero-order valence-corrected chi connectivity index (χ0v) is 8.84. The topological polar surface area (TPSA) is 55.1 Å². The number of allylic oxidation sites excluding steroid dienone is 2. The number of nitrogens with zero attached hydrogens (tertiary/aromatic N) is 2. The number of carbonyl (C=O) groups is 1. The van der Waals surface area contributed by atoms with Gasteiger partial charge in [0.1, 0.15) is 0 Å². The molecule has 1 N–H and O–H groups in total. The second-order valence-electron chi connectivity index (χ2n) is 3.45. The van der Waals surface area contributed by atoms with Gasteiger partial charge in [-0.05, 0) is 19.9 Å².